The SMILES string of the molecule is NC(c1ccc(Cl)o1)c1ccc(Cl)cc1Cl. The Labute approximate surface area is 108 Å². The van der Waals surface area contributed by atoms with E-state index in [0.717, 1.165) is 5.56 Å². The minimum atomic E-state index is -0.447. The van der Waals surface area contributed by atoms with Gasteiger partial charge in [-0.25, -0.2) is 0 Å². The normalized spacial score (nSPS) is 12.8. The van der Waals surface area contributed by atoms with E-state index in [4.69, 9.17) is 45.0 Å². The van der Waals surface area contributed by atoms with Crippen LogP contribution in [0.5, 0.6) is 0 Å². The summed E-state index contributed by atoms with van der Waals surface area (Å²) in [6, 6.07) is 8.05. The first kappa shape index (κ1) is 11.8. The lowest BCUT2D eigenvalue weighted by Gasteiger charge is -2.11. The maximum Gasteiger partial charge on any atom is 0.193 e. The molecule has 16 heavy (non-hydrogen) atoms. The van der Waals surface area contributed by atoms with Gasteiger partial charge in [0, 0.05) is 10.0 Å². The van der Waals surface area contributed by atoms with Gasteiger partial charge in [-0.1, -0.05) is 29.3 Å². The largest absolute Gasteiger partial charge is 0.448 e. The Morgan fingerprint density at radius 3 is 2.38 bits per heavy atom. The van der Waals surface area contributed by atoms with E-state index in [0.29, 0.717) is 21.0 Å². The molecule has 1 unspecified atom stereocenters. The van der Waals surface area contributed by atoms with Crippen LogP contribution in [-0.2, 0) is 0 Å². The lowest BCUT2D eigenvalue weighted by atomic mass is 10.1. The minimum Gasteiger partial charge on any atom is -0.448 e. The molecule has 0 amide bonds. The summed E-state index contributed by atoms with van der Waals surface area (Å²) in [6.45, 7) is 0. The highest BCUT2D eigenvalue weighted by Crippen LogP contribution is 2.30. The van der Waals surface area contributed by atoms with E-state index in [9.17, 15) is 0 Å². The number of hydrogen-bond acceptors (Lipinski definition) is 2. The van der Waals surface area contributed by atoms with Crippen LogP contribution in [0.1, 0.15) is 17.4 Å². The summed E-state index contributed by atoms with van der Waals surface area (Å²) >= 11 is 17.5. The van der Waals surface area contributed by atoms with Crippen molar-refractivity contribution in [2.45, 2.75) is 6.04 Å². The van der Waals surface area contributed by atoms with Crippen molar-refractivity contribution in [2.24, 2.45) is 5.73 Å². The topological polar surface area (TPSA) is 39.2 Å². The van der Waals surface area contributed by atoms with Gasteiger partial charge in [0.25, 0.3) is 0 Å². The first-order valence-corrected chi connectivity index (χ1v) is 5.67. The average Bonchev–Trinajstić information content (AvgIpc) is 2.64. The predicted octanol–water partition coefficient (Wildman–Crippen LogP) is 4.29. The quantitative estimate of drug-likeness (QED) is 0.889. The highest BCUT2D eigenvalue weighted by Gasteiger charge is 2.16. The molecule has 0 saturated carbocycles. The summed E-state index contributed by atoms with van der Waals surface area (Å²) in [6.07, 6.45) is 0. The maximum atomic E-state index is 6.04. The van der Waals surface area contributed by atoms with Crippen LogP contribution in [0.15, 0.2) is 34.7 Å². The summed E-state index contributed by atoms with van der Waals surface area (Å²) in [4.78, 5) is 0. The molecular weight excluding hydrogens is 268 g/mol. The molecule has 2 aromatic rings. The van der Waals surface area contributed by atoms with Crippen molar-refractivity contribution in [3.8, 4) is 0 Å². The van der Waals surface area contributed by atoms with Gasteiger partial charge in [0.1, 0.15) is 5.76 Å². The molecule has 0 radical (unpaired) electrons. The molecule has 1 heterocycles. The summed E-state index contributed by atoms with van der Waals surface area (Å²) < 4.78 is 5.23. The van der Waals surface area contributed by atoms with Gasteiger partial charge in [-0.3, -0.25) is 0 Å². The van der Waals surface area contributed by atoms with E-state index in [1.807, 2.05) is 0 Å². The van der Waals surface area contributed by atoms with Crippen molar-refractivity contribution in [2.75, 3.05) is 0 Å². The third-order valence-corrected chi connectivity index (χ3v) is 2.96. The van der Waals surface area contributed by atoms with E-state index < -0.39 is 6.04 Å². The molecule has 0 bridgehead atoms. The zero-order chi connectivity index (χ0) is 11.7. The number of nitrogens with two attached hydrogens (primary N) is 1. The molecule has 2 rings (SSSR count). The third-order valence-electron chi connectivity index (χ3n) is 2.20. The molecular formula is C11H8Cl3NO. The Bertz CT molecular complexity index is 510. The van der Waals surface area contributed by atoms with Crippen LogP contribution >= 0.6 is 34.8 Å². The molecule has 1 atom stereocenters. The van der Waals surface area contributed by atoms with Crippen LogP contribution < -0.4 is 5.73 Å². The lowest BCUT2D eigenvalue weighted by Crippen LogP contribution is -2.11. The fraction of sp³-hybridized carbons (Fsp3) is 0.0909. The molecule has 0 fully saturated rings. The van der Waals surface area contributed by atoms with Gasteiger partial charge in [0.05, 0.1) is 6.04 Å². The second-order valence-electron chi connectivity index (χ2n) is 3.29. The van der Waals surface area contributed by atoms with Gasteiger partial charge < -0.3 is 10.2 Å². The second kappa shape index (κ2) is 4.68. The van der Waals surface area contributed by atoms with Gasteiger partial charge in [-0.15, -0.1) is 0 Å². The fourth-order valence-corrected chi connectivity index (χ4v) is 2.08. The van der Waals surface area contributed by atoms with Gasteiger partial charge in [-0.05, 0) is 41.4 Å². The monoisotopic (exact) mass is 275 g/mol. The molecule has 1 aromatic carbocycles. The third kappa shape index (κ3) is 2.36. The highest BCUT2D eigenvalue weighted by molar-refractivity contribution is 6.35. The predicted molar refractivity (Wildman–Crippen MR) is 66.2 cm³/mol. The van der Waals surface area contributed by atoms with Crippen molar-refractivity contribution in [3.05, 3.63) is 56.9 Å². The molecule has 2 N–H and O–H groups in total. The molecule has 84 valence electrons. The number of halogens is 3. The molecule has 0 aliphatic heterocycles. The van der Waals surface area contributed by atoms with Crippen LogP contribution in [0, 0.1) is 0 Å². The maximum absolute atomic E-state index is 6.04. The Balaban J connectivity index is 2.37. The summed E-state index contributed by atoms with van der Waals surface area (Å²) in [5.41, 5.74) is 6.75. The zero-order valence-electron chi connectivity index (χ0n) is 8.08. The summed E-state index contributed by atoms with van der Waals surface area (Å²) in [5.74, 6) is 0.564. The minimum absolute atomic E-state index is 0.301. The van der Waals surface area contributed by atoms with E-state index >= 15 is 0 Å². The Kier molecular flexibility index (Phi) is 3.45. The molecule has 0 saturated heterocycles. The van der Waals surface area contributed by atoms with Gasteiger partial charge in [-0.2, -0.15) is 0 Å². The smallest absolute Gasteiger partial charge is 0.193 e. The highest BCUT2D eigenvalue weighted by atomic mass is 35.5. The van der Waals surface area contributed by atoms with Crippen LogP contribution in [0.2, 0.25) is 15.3 Å². The fourth-order valence-electron chi connectivity index (χ4n) is 1.40. The summed E-state index contributed by atoms with van der Waals surface area (Å²) in [5, 5.41) is 1.38. The average molecular weight is 277 g/mol. The van der Waals surface area contributed by atoms with Gasteiger partial charge in [0.15, 0.2) is 5.22 Å². The van der Waals surface area contributed by atoms with Crippen molar-refractivity contribution >= 4 is 34.8 Å². The number of rotatable bonds is 2. The number of benzene rings is 1. The summed E-state index contributed by atoms with van der Waals surface area (Å²) in [7, 11) is 0. The second-order valence-corrected chi connectivity index (χ2v) is 4.50. The first-order chi connectivity index (χ1) is 7.58. The molecule has 0 aliphatic rings. The van der Waals surface area contributed by atoms with E-state index in [-0.39, 0.29) is 0 Å². The molecule has 0 spiro atoms. The van der Waals surface area contributed by atoms with Gasteiger partial charge >= 0.3 is 0 Å². The van der Waals surface area contributed by atoms with Crippen LogP contribution in [0.25, 0.3) is 0 Å². The van der Waals surface area contributed by atoms with Crippen molar-refractivity contribution in [3.63, 3.8) is 0 Å². The zero-order valence-corrected chi connectivity index (χ0v) is 10.4. The standard InChI is InChI=1S/C11H8Cl3NO/c12-6-1-2-7(8(13)5-6)11(15)9-3-4-10(14)16-9/h1-5,11H,15H2. The molecule has 0 aliphatic carbocycles. The Morgan fingerprint density at radius 1 is 1.06 bits per heavy atom. The molecule has 5 heteroatoms. The number of furan rings is 1. The Morgan fingerprint density at radius 2 is 1.81 bits per heavy atom. The van der Waals surface area contributed by atoms with E-state index in [2.05, 4.69) is 0 Å². The van der Waals surface area contributed by atoms with Gasteiger partial charge in [0.2, 0.25) is 0 Å². The van der Waals surface area contributed by atoms with Crippen LogP contribution in [0.4, 0.5) is 0 Å². The van der Waals surface area contributed by atoms with Crippen LogP contribution in [0.3, 0.4) is 0 Å². The van der Waals surface area contributed by atoms with Crippen molar-refractivity contribution in [1.29, 1.82) is 0 Å². The van der Waals surface area contributed by atoms with Crippen molar-refractivity contribution in [1.82, 2.24) is 0 Å². The molecule has 1 aromatic heterocycles. The van der Waals surface area contributed by atoms with Crippen LogP contribution in [-0.4, -0.2) is 0 Å². The van der Waals surface area contributed by atoms with Crippen molar-refractivity contribution < 1.29 is 4.42 Å². The van der Waals surface area contributed by atoms with E-state index in [1.54, 1.807) is 30.3 Å². The van der Waals surface area contributed by atoms with E-state index in [1.165, 1.54) is 0 Å². The molecule has 2 nitrogen and oxygen atoms in total. The first-order valence-electron chi connectivity index (χ1n) is 4.53. The Hall–Kier alpha value is -0.670. The lowest BCUT2D eigenvalue weighted by molar-refractivity contribution is 0.491. The number of hydrogen-bond donors (Lipinski definition) is 1.